The van der Waals surface area contributed by atoms with Crippen molar-refractivity contribution in [3.8, 4) is 11.4 Å². The van der Waals surface area contributed by atoms with E-state index in [1.54, 1.807) is 23.5 Å². The molecule has 172 valence electrons. The van der Waals surface area contributed by atoms with Gasteiger partial charge in [-0.2, -0.15) is 4.98 Å². The van der Waals surface area contributed by atoms with Crippen molar-refractivity contribution in [3.05, 3.63) is 99.5 Å². The zero-order valence-corrected chi connectivity index (χ0v) is 20.4. The molecule has 0 spiro atoms. The van der Waals surface area contributed by atoms with Crippen LogP contribution >= 0.6 is 23.6 Å². The third kappa shape index (κ3) is 4.51. The largest absolute Gasteiger partial charge is 0.351 e. The van der Waals surface area contributed by atoms with Crippen molar-refractivity contribution in [2.45, 2.75) is 26.3 Å². The molecule has 4 aromatic rings. The van der Waals surface area contributed by atoms with Crippen LogP contribution in [0.4, 0.5) is 4.39 Å². The van der Waals surface area contributed by atoms with E-state index in [0.29, 0.717) is 22.4 Å². The molecule has 0 aliphatic carbocycles. The SMILES string of the molecule is CC1=C(c2nc(-c3cccc(F)c3)no2)C(c2ccc(C)cc2)NC(=S)N1CCc1cccs1. The van der Waals surface area contributed by atoms with Gasteiger partial charge in [-0.3, -0.25) is 0 Å². The third-order valence-corrected chi connectivity index (χ3v) is 7.18. The molecule has 1 N–H and O–H groups in total. The summed E-state index contributed by atoms with van der Waals surface area (Å²) in [6.45, 7) is 4.82. The molecule has 1 atom stereocenters. The minimum atomic E-state index is -0.346. The van der Waals surface area contributed by atoms with Gasteiger partial charge in [0.1, 0.15) is 5.82 Å². The van der Waals surface area contributed by atoms with Gasteiger partial charge < -0.3 is 14.7 Å². The first kappa shape index (κ1) is 22.4. The van der Waals surface area contributed by atoms with Gasteiger partial charge in [0.05, 0.1) is 11.6 Å². The highest BCUT2D eigenvalue weighted by Gasteiger charge is 2.34. The predicted octanol–water partition coefficient (Wildman–Crippen LogP) is 6.15. The van der Waals surface area contributed by atoms with Gasteiger partial charge >= 0.3 is 0 Å². The Hall–Kier alpha value is -3.36. The van der Waals surface area contributed by atoms with Crippen LogP contribution in [0.5, 0.6) is 0 Å². The molecule has 0 saturated carbocycles. The van der Waals surface area contributed by atoms with E-state index in [9.17, 15) is 4.39 Å². The molecule has 34 heavy (non-hydrogen) atoms. The Balaban J connectivity index is 1.56. The summed E-state index contributed by atoms with van der Waals surface area (Å²) in [4.78, 5) is 8.03. The van der Waals surface area contributed by atoms with E-state index >= 15 is 0 Å². The van der Waals surface area contributed by atoms with Crippen molar-refractivity contribution in [3.63, 3.8) is 0 Å². The Morgan fingerprint density at radius 1 is 1.12 bits per heavy atom. The number of nitrogens with zero attached hydrogens (tertiary/aromatic N) is 3. The maximum absolute atomic E-state index is 13.8. The summed E-state index contributed by atoms with van der Waals surface area (Å²) >= 11 is 7.51. The first-order chi connectivity index (χ1) is 16.5. The molecule has 1 unspecified atom stereocenters. The number of hydrogen-bond donors (Lipinski definition) is 1. The lowest BCUT2D eigenvalue weighted by atomic mass is 9.94. The molecule has 1 aliphatic rings. The number of aromatic nitrogens is 2. The maximum Gasteiger partial charge on any atom is 0.258 e. The van der Waals surface area contributed by atoms with Gasteiger partial charge in [-0.1, -0.05) is 53.2 Å². The van der Waals surface area contributed by atoms with Gasteiger partial charge in [0.25, 0.3) is 5.89 Å². The average Bonchev–Trinajstić information content (AvgIpc) is 3.52. The zero-order chi connectivity index (χ0) is 23.7. The lowest BCUT2D eigenvalue weighted by Crippen LogP contribution is -2.46. The fourth-order valence-electron chi connectivity index (χ4n) is 4.09. The Labute approximate surface area is 206 Å². The fraction of sp³-hybridized carbons (Fsp3) is 0.192. The fourth-order valence-corrected chi connectivity index (χ4v) is 5.14. The second-order valence-electron chi connectivity index (χ2n) is 8.21. The molecular formula is C26H23FN4OS2. The summed E-state index contributed by atoms with van der Waals surface area (Å²) in [6.07, 6.45) is 0.873. The third-order valence-electron chi connectivity index (χ3n) is 5.91. The summed E-state index contributed by atoms with van der Waals surface area (Å²) in [6, 6.07) is 18.4. The number of aryl methyl sites for hydroxylation is 1. The molecule has 0 bridgehead atoms. The summed E-state index contributed by atoms with van der Waals surface area (Å²) in [5, 5.41) is 10.4. The highest BCUT2D eigenvalue weighted by molar-refractivity contribution is 7.80. The van der Waals surface area contributed by atoms with Gasteiger partial charge in [0, 0.05) is 22.7 Å². The minimum Gasteiger partial charge on any atom is -0.351 e. The number of allylic oxidation sites excluding steroid dienone is 1. The quantitative estimate of drug-likeness (QED) is 0.327. The predicted molar refractivity (Wildman–Crippen MR) is 137 cm³/mol. The Kier molecular flexibility index (Phi) is 6.26. The van der Waals surface area contributed by atoms with Crippen LogP contribution in [0.15, 0.2) is 76.3 Å². The van der Waals surface area contributed by atoms with E-state index in [0.717, 1.165) is 29.8 Å². The van der Waals surface area contributed by atoms with Crippen molar-refractivity contribution in [1.82, 2.24) is 20.4 Å². The molecule has 8 heteroatoms. The van der Waals surface area contributed by atoms with E-state index in [4.69, 9.17) is 16.7 Å². The standard InChI is InChI=1S/C26H23FN4OS2/c1-16-8-10-18(11-9-16)23-22(25-29-24(30-32-25)19-5-3-6-20(27)15-19)17(2)31(26(33)28-23)13-12-21-7-4-14-34-21/h3-11,14-15,23H,12-13H2,1-2H3,(H,28,33). The number of hydrogen-bond acceptors (Lipinski definition) is 5. The van der Waals surface area contributed by atoms with E-state index in [2.05, 4.69) is 69.1 Å². The normalized spacial score (nSPS) is 16.1. The van der Waals surface area contributed by atoms with Crippen LogP contribution in [0.25, 0.3) is 17.0 Å². The van der Waals surface area contributed by atoms with Gasteiger partial charge in [0.15, 0.2) is 5.11 Å². The summed E-state index contributed by atoms with van der Waals surface area (Å²) in [7, 11) is 0. The molecule has 5 nitrogen and oxygen atoms in total. The molecule has 0 radical (unpaired) electrons. The van der Waals surface area contributed by atoms with Crippen molar-refractivity contribution >= 4 is 34.2 Å². The van der Waals surface area contributed by atoms with Gasteiger partial charge in [-0.05, 0) is 61.6 Å². The molecule has 2 aromatic heterocycles. The number of rotatable bonds is 6. The number of thiophene rings is 1. The van der Waals surface area contributed by atoms with E-state index in [-0.39, 0.29) is 11.9 Å². The molecule has 5 rings (SSSR count). The first-order valence-electron chi connectivity index (χ1n) is 11.0. The first-order valence-corrected chi connectivity index (χ1v) is 12.3. The topological polar surface area (TPSA) is 54.2 Å². The average molecular weight is 491 g/mol. The molecular weight excluding hydrogens is 467 g/mol. The Morgan fingerprint density at radius 3 is 2.68 bits per heavy atom. The Morgan fingerprint density at radius 2 is 1.94 bits per heavy atom. The molecule has 0 saturated heterocycles. The highest BCUT2D eigenvalue weighted by Crippen LogP contribution is 2.37. The number of halogens is 1. The van der Waals surface area contributed by atoms with Crippen LogP contribution in [0.1, 0.15) is 34.9 Å². The lowest BCUT2D eigenvalue weighted by molar-refractivity contribution is 0.397. The summed E-state index contributed by atoms with van der Waals surface area (Å²) in [5.41, 5.74) is 4.60. The summed E-state index contributed by atoms with van der Waals surface area (Å²) in [5.74, 6) is 0.385. The van der Waals surface area contributed by atoms with Crippen LogP contribution in [0, 0.1) is 12.7 Å². The number of benzene rings is 2. The second-order valence-corrected chi connectivity index (χ2v) is 9.63. The second kappa shape index (κ2) is 9.48. The van der Waals surface area contributed by atoms with Gasteiger partial charge in [-0.15, -0.1) is 11.3 Å². The van der Waals surface area contributed by atoms with Crippen molar-refractivity contribution < 1.29 is 8.91 Å². The van der Waals surface area contributed by atoms with Gasteiger partial charge in [-0.25, -0.2) is 4.39 Å². The monoisotopic (exact) mass is 490 g/mol. The smallest absolute Gasteiger partial charge is 0.258 e. The van der Waals surface area contributed by atoms with Crippen LogP contribution < -0.4 is 5.32 Å². The molecule has 2 aromatic carbocycles. The highest BCUT2D eigenvalue weighted by atomic mass is 32.1. The van der Waals surface area contributed by atoms with Gasteiger partial charge in [0.2, 0.25) is 5.82 Å². The molecule has 3 heterocycles. The molecule has 0 fully saturated rings. The van der Waals surface area contributed by atoms with Crippen molar-refractivity contribution in [2.24, 2.45) is 0 Å². The lowest BCUT2D eigenvalue weighted by Gasteiger charge is -2.37. The van der Waals surface area contributed by atoms with Crippen LogP contribution in [-0.4, -0.2) is 26.7 Å². The maximum atomic E-state index is 13.8. The van der Waals surface area contributed by atoms with Crippen molar-refractivity contribution in [1.29, 1.82) is 0 Å². The van der Waals surface area contributed by atoms with E-state index in [1.807, 2.05) is 6.92 Å². The Bertz CT molecular complexity index is 1350. The molecule has 0 amide bonds. The van der Waals surface area contributed by atoms with Crippen LogP contribution in [0.3, 0.4) is 0 Å². The summed E-state index contributed by atoms with van der Waals surface area (Å²) < 4.78 is 19.5. The van der Waals surface area contributed by atoms with E-state index in [1.165, 1.54) is 22.6 Å². The minimum absolute atomic E-state index is 0.244. The number of thiocarbonyl (C=S) groups is 1. The van der Waals surface area contributed by atoms with Crippen molar-refractivity contribution in [2.75, 3.05) is 6.54 Å². The van der Waals surface area contributed by atoms with Crippen LogP contribution in [0.2, 0.25) is 0 Å². The number of nitrogens with one attached hydrogen (secondary N) is 1. The van der Waals surface area contributed by atoms with E-state index < -0.39 is 0 Å². The van der Waals surface area contributed by atoms with Crippen LogP contribution in [-0.2, 0) is 6.42 Å². The molecule has 1 aliphatic heterocycles. The zero-order valence-electron chi connectivity index (χ0n) is 18.8.